The SMILES string of the molecule is C1=Cc2ccc(-c3c4ccccc4c(-c4cccc5cc6ccc7ccccc7c6cc45)c4ccccc34)c3cccc1c23. The molecule has 0 unspecified atom stereocenters. The average Bonchev–Trinajstić information content (AvgIpc) is 3.51. The van der Waals surface area contributed by atoms with Crippen molar-refractivity contribution in [2.45, 2.75) is 0 Å². The monoisotopic (exact) mass is 554 g/mol. The van der Waals surface area contributed by atoms with Gasteiger partial charge in [-0.3, -0.25) is 0 Å². The van der Waals surface area contributed by atoms with Gasteiger partial charge in [-0.25, -0.2) is 0 Å². The minimum absolute atomic E-state index is 1.27. The zero-order valence-corrected chi connectivity index (χ0v) is 24.0. The van der Waals surface area contributed by atoms with Gasteiger partial charge in [-0.05, 0) is 110 Å². The van der Waals surface area contributed by atoms with Gasteiger partial charge in [0.1, 0.15) is 0 Å². The van der Waals surface area contributed by atoms with Crippen LogP contribution in [0.25, 0.3) is 99.0 Å². The summed E-state index contributed by atoms with van der Waals surface area (Å²) in [5.74, 6) is 0. The predicted molar refractivity (Wildman–Crippen MR) is 191 cm³/mol. The molecule has 0 saturated heterocycles. The fourth-order valence-electron chi connectivity index (χ4n) is 7.85. The van der Waals surface area contributed by atoms with Gasteiger partial charge in [-0.2, -0.15) is 0 Å². The Morgan fingerprint density at radius 1 is 0.273 bits per heavy atom. The fourth-order valence-corrected chi connectivity index (χ4v) is 7.85. The van der Waals surface area contributed by atoms with Crippen LogP contribution in [0.1, 0.15) is 11.1 Å². The first-order valence-electron chi connectivity index (χ1n) is 15.4. The van der Waals surface area contributed by atoms with E-state index in [2.05, 4.69) is 158 Å². The first-order chi connectivity index (χ1) is 21.8. The van der Waals surface area contributed by atoms with Gasteiger partial charge in [0.25, 0.3) is 0 Å². The molecule has 0 N–H and O–H groups in total. The van der Waals surface area contributed by atoms with E-state index in [0.29, 0.717) is 0 Å². The summed E-state index contributed by atoms with van der Waals surface area (Å²) in [6, 6.07) is 54.2. The van der Waals surface area contributed by atoms with Gasteiger partial charge in [0.2, 0.25) is 0 Å². The fraction of sp³-hybridized carbons (Fsp3) is 0. The molecule has 0 fully saturated rings. The molecule has 0 radical (unpaired) electrons. The third kappa shape index (κ3) is 3.23. The highest BCUT2D eigenvalue weighted by molar-refractivity contribution is 6.27. The number of benzene rings is 9. The molecule has 9 aromatic carbocycles. The van der Waals surface area contributed by atoms with E-state index in [0.717, 1.165) is 0 Å². The van der Waals surface area contributed by atoms with Gasteiger partial charge in [-0.15, -0.1) is 0 Å². The quantitative estimate of drug-likeness (QED) is 0.147. The van der Waals surface area contributed by atoms with E-state index in [-0.39, 0.29) is 0 Å². The van der Waals surface area contributed by atoms with E-state index in [1.807, 2.05) is 0 Å². The van der Waals surface area contributed by atoms with E-state index in [4.69, 9.17) is 0 Å². The summed E-state index contributed by atoms with van der Waals surface area (Å²) >= 11 is 0. The Morgan fingerprint density at radius 3 is 1.52 bits per heavy atom. The Hall–Kier alpha value is -5.72. The Labute approximate surface area is 255 Å². The van der Waals surface area contributed by atoms with Crippen LogP contribution >= 0.6 is 0 Å². The summed E-state index contributed by atoms with van der Waals surface area (Å²) in [4.78, 5) is 0. The second-order valence-electron chi connectivity index (χ2n) is 12.0. The van der Waals surface area contributed by atoms with Crippen molar-refractivity contribution in [1.82, 2.24) is 0 Å². The van der Waals surface area contributed by atoms with Crippen LogP contribution < -0.4 is 0 Å². The maximum Gasteiger partial charge on any atom is -0.00201 e. The van der Waals surface area contributed by atoms with Gasteiger partial charge in [0, 0.05) is 0 Å². The average molecular weight is 555 g/mol. The van der Waals surface area contributed by atoms with E-state index < -0.39 is 0 Å². The standard InChI is InChI=1S/C44H26/c1-2-12-32-27(9-1)19-22-31-25-30-11-8-18-38(41(30)26-40(31)32)43-34-13-3-5-15-36(34)44(37-16-6-4-14-35(37)43)39-24-23-29-21-20-28-10-7-17-33(39)42(28)29/h1-26H. The normalized spacial score (nSPS) is 12.5. The minimum Gasteiger partial charge on any atom is -0.0616 e. The van der Waals surface area contributed by atoms with Gasteiger partial charge in [0.05, 0.1) is 0 Å². The van der Waals surface area contributed by atoms with Crippen LogP contribution in [0, 0.1) is 0 Å². The highest BCUT2D eigenvalue weighted by atomic mass is 14.2. The Morgan fingerprint density at radius 2 is 0.795 bits per heavy atom. The highest BCUT2D eigenvalue weighted by Crippen LogP contribution is 2.48. The molecule has 0 amide bonds. The van der Waals surface area contributed by atoms with Crippen molar-refractivity contribution >= 4 is 76.8 Å². The van der Waals surface area contributed by atoms with Gasteiger partial charge in [-0.1, -0.05) is 146 Å². The van der Waals surface area contributed by atoms with Crippen molar-refractivity contribution in [1.29, 1.82) is 0 Å². The molecule has 0 heteroatoms. The molecule has 1 aliphatic rings. The Balaban J connectivity index is 1.35. The molecule has 9 aromatic rings. The van der Waals surface area contributed by atoms with E-state index in [9.17, 15) is 0 Å². The van der Waals surface area contributed by atoms with E-state index in [1.54, 1.807) is 0 Å². The smallest absolute Gasteiger partial charge is 0.00201 e. The third-order valence-electron chi connectivity index (χ3n) is 9.76. The largest absolute Gasteiger partial charge is 0.0616 e. The number of rotatable bonds is 2. The molecule has 0 nitrogen and oxygen atoms in total. The molecule has 0 heterocycles. The van der Waals surface area contributed by atoms with Crippen molar-refractivity contribution in [3.8, 4) is 22.3 Å². The van der Waals surface area contributed by atoms with Crippen LogP contribution in [0.4, 0.5) is 0 Å². The third-order valence-corrected chi connectivity index (χ3v) is 9.76. The molecule has 1 aliphatic carbocycles. The Kier molecular flexibility index (Phi) is 4.81. The maximum absolute atomic E-state index is 2.43. The number of fused-ring (bicyclic) bond motifs is 6. The van der Waals surface area contributed by atoms with Crippen LogP contribution in [-0.2, 0) is 0 Å². The summed E-state index contributed by atoms with van der Waals surface area (Å²) in [7, 11) is 0. The molecule has 10 rings (SSSR count). The molecular weight excluding hydrogens is 528 g/mol. The van der Waals surface area contributed by atoms with Crippen LogP contribution in [-0.4, -0.2) is 0 Å². The lowest BCUT2D eigenvalue weighted by Gasteiger charge is -2.20. The molecular formula is C44H26. The van der Waals surface area contributed by atoms with Crippen molar-refractivity contribution in [2.24, 2.45) is 0 Å². The molecule has 0 spiro atoms. The van der Waals surface area contributed by atoms with Crippen molar-refractivity contribution in [3.05, 3.63) is 157 Å². The van der Waals surface area contributed by atoms with Crippen molar-refractivity contribution in [3.63, 3.8) is 0 Å². The van der Waals surface area contributed by atoms with Gasteiger partial charge in [0.15, 0.2) is 0 Å². The lowest BCUT2D eigenvalue weighted by atomic mass is 9.83. The van der Waals surface area contributed by atoms with E-state index in [1.165, 1.54) is 98.0 Å². The summed E-state index contributed by atoms with van der Waals surface area (Å²) in [6.07, 6.45) is 4.49. The maximum atomic E-state index is 2.43. The zero-order chi connectivity index (χ0) is 28.8. The molecule has 0 aromatic heterocycles. The molecule has 202 valence electrons. The summed E-state index contributed by atoms with van der Waals surface area (Å²) in [5, 5.41) is 15.5. The lowest BCUT2D eigenvalue weighted by molar-refractivity contribution is 1.68. The predicted octanol–water partition coefficient (Wildman–Crippen LogP) is 12.4. The minimum atomic E-state index is 1.27. The highest BCUT2D eigenvalue weighted by Gasteiger charge is 2.21. The molecule has 0 saturated carbocycles. The van der Waals surface area contributed by atoms with Gasteiger partial charge < -0.3 is 0 Å². The molecule has 44 heavy (non-hydrogen) atoms. The molecule has 0 bridgehead atoms. The van der Waals surface area contributed by atoms with Gasteiger partial charge >= 0.3 is 0 Å². The second-order valence-corrected chi connectivity index (χ2v) is 12.0. The van der Waals surface area contributed by atoms with Crippen molar-refractivity contribution in [2.75, 3.05) is 0 Å². The van der Waals surface area contributed by atoms with Crippen LogP contribution in [0.5, 0.6) is 0 Å². The lowest BCUT2D eigenvalue weighted by Crippen LogP contribution is -1.93. The first-order valence-corrected chi connectivity index (χ1v) is 15.4. The number of hydrogen-bond acceptors (Lipinski definition) is 0. The molecule has 0 aliphatic heterocycles. The van der Waals surface area contributed by atoms with Crippen LogP contribution in [0.2, 0.25) is 0 Å². The summed E-state index contributed by atoms with van der Waals surface area (Å²) < 4.78 is 0. The summed E-state index contributed by atoms with van der Waals surface area (Å²) in [6.45, 7) is 0. The summed E-state index contributed by atoms with van der Waals surface area (Å²) in [5.41, 5.74) is 7.80. The first kappa shape index (κ1) is 23.8. The van der Waals surface area contributed by atoms with E-state index >= 15 is 0 Å². The topological polar surface area (TPSA) is 0 Å². The Bertz CT molecular complexity index is 2640. The van der Waals surface area contributed by atoms with Crippen LogP contribution in [0.15, 0.2) is 146 Å². The van der Waals surface area contributed by atoms with Crippen molar-refractivity contribution < 1.29 is 0 Å². The number of hydrogen-bond donors (Lipinski definition) is 0. The van der Waals surface area contributed by atoms with Crippen LogP contribution in [0.3, 0.4) is 0 Å². The molecule has 0 atom stereocenters. The zero-order valence-electron chi connectivity index (χ0n) is 24.0. The second kappa shape index (κ2) is 8.89.